The lowest BCUT2D eigenvalue weighted by Gasteiger charge is -2.06. The Bertz CT molecular complexity index is 1010. The van der Waals surface area contributed by atoms with Gasteiger partial charge in [-0.1, -0.05) is 29.8 Å². The van der Waals surface area contributed by atoms with Crippen LogP contribution >= 0.6 is 11.6 Å². The first-order valence-corrected chi connectivity index (χ1v) is 8.94. The second-order valence-electron chi connectivity index (χ2n) is 6.16. The number of benzene rings is 2. The number of amides is 1. The summed E-state index contributed by atoms with van der Waals surface area (Å²) in [5.41, 5.74) is 2.46. The fourth-order valence-electron chi connectivity index (χ4n) is 2.60. The largest absolute Gasteiger partial charge is 0.497 e. The number of carbonyl (C=O) groups is 1. The molecule has 0 saturated heterocycles. The fourth-order valence-corrected chi connectivity index (χ4v) is 2.82. The molecule has 1 heterocycles. The molecule has 0 aliphatic carbocycles. The zero-order valence-corrected chi connectivity index (χ0v) is 16.2. The van der Waals surface area contributed by atoms with Crippen molar-refractivity contribution in [2.75, 3.05) is 12.4 Å². The SMILES string of the molecule is COc1ccc(/C=C/C(=O)Nc2cc(C)n(Cc3ccc(F)cc3Cl)n2)cc1. The summed E-state index contributed by atoms with van der Waals surface area (Å²) in [6, 6.07) is 13.4. The molecule has 0 saturated carbocycles. The molecule has 1 aromatic heterocycles. The lowest BCUT2D eigenvalue weighted by molar-refractivity contribution is -0.111. The lowest BCUT2D eigenvalue weighted by atomic mass is 10.2. The highest BCUT2D eigenvalue weighted by Gasteiger charge is 2.09. The summed E-state index contributed by atoms with van der Waals surface area (Å²) < 4.78 is 20.0. The van der Waals surface area contributed by atoms with E-state index in [-0.39, 0.29) is 11.7 Å². The number of nitrogens with zero attached hydrogens (tertiary/aromatic N) is 2. The molecule has 7 heteroatoms. The Morgan fingerprint density at radius 3 is 2.68 bits per heavy atom. The van der Waals surface area contributed by atoms with E-state index >= 15 is 0 Å². The molecule has 0 atom stereocenters. The van der Waals surface area contributed by atoms with Crippen molar-refractivity contribution in [1.29, 1.82) is 0 Å². The molecule has 1 N–H and O–H groups in total. The molecule has 1 amide bonds. The van der Waals surface area contributed by atoms with Crippen LogP contribution in [0.15, 0.2) is 54.6 Å². The van der Waals surface area contributed by atoms with E-state index in [1.165, 1.54) is 18.2 Å². The van der Waals surface area contributed by atoms with E-state index in [4.69, 9.17) is 16.3 Å². The Hall–Kier alpha value is -3.12. The highest BCUT2D eigenvalue weighted by molar-refractivity contribution is 6.31. The minimum atomic E-state index is -0.387. The average molecular weight is 400 g/mol. The number of hydrogen-bond donors (Lipinski definition) is 1. The molecule has 0 fully saturated rings. The number of carbonyl (C=O) groups excluding carboxylic acids is 1. The van der Waals surface area contributed by atoms with E-state index in [0.717, 1.165) is 22.6 Å². The Morgan fingerprint density at radius 1 is 1.25 bits per heavy atom. The van der Waals surface area contributed by atoms with E-state index in [1.807, 2.05) is 31.2 Å². The Morgan fingerprint density at radius 2 is 2.00 bits per heavy atom. The van der Waals surface area contributed by atoms with Crippen LogP contribution in [0.4, 0.5) is 10.2 Å². The molecular weight excluding hydrogens is 381 g/mol. The summed E-state index contributed by atoms with van der Waals surface area (Å²) in [6.45, 7) is 2.25. The summed E-state index contributed by atoms with van der Waals surface area (Å²) in [7, 11) is 1.60. The predicted octanol–water partition coefficient (Wildman–Crippen LogP) is 4.69. The van der Waals surface area contributed by atoms with Gasteiger partial charge in [0.25, 0.3) is 0 Å². The first-order chi connectivity index (χ1) is 13.4. The minimum absolute atomic E-state index is 0.291. The summed E-state index contributed by atoms with van der Waals surface area (Å²) in [4.78, 5) is 12.1. The van der Waals surface area contributed by atoms with E-state index in [9.17, 15) is 9.18 Å². The smallest absolute Gasteiger partial charge is 0.249 e. The van der Waals surface area contributed by atoms with Gasteiger partial charge in [0.2, 0.25) is 5.91 Å². The van der Waals surface area contributed by atoms with Gasteiger partial charge in [-0.05, 0) is 48.4 Å². The average Bonchev–Trinajstić information content (AvgIpc) is 3.01. The predicted molar refractivity (Wildman–Crippen MR) is 108 cm³/mol. The number of anilines is 1. The van der Waals surface area contributed by atoms with Gasteiger partial charge in [-0.3, -0.25) is 9.48 Å². The number of aromatic nitrogens is 2. The van der Waals surface area contributed by atoms with E-state index in [2.05, 4.69) is 10.4 Å². The van der Waals surface area contributed by atoms with Gasteiger partial charge in [0.05, 0.1) is 13.7 Å². The molecule has 0 aliphatic rings. The van der Waals surface area contributed by atoms with Crippen LogP contribution in [0, 0.1) is 12.7 Å². The maximum Gasteiger partial charge on any atom is 0.249 e. The van der Waals surface area contributed by atoms with Crippen molar-refractivity contribution < 1.29 is 13.9 Å². The van der Waals surface area contributed by atoms with E-state index in [1.54, 1.807) is 30.0 Å². The van der Waals surface area contributed by atoms with E-state index < -0.39 is 0 Å². The van der Waals surface area contributed by atoms with Crippen LogP contribution in [0.5, 0.6) is 5.75 Å². The molecule has 3 rings (SSSR count). The van der Waals surface area contributed by atoms with Crippen LogP contribution in [-0.2, 0) is 11.3 Å². The number of aryl methyl sites for hydroxylation is 1. The maximum absolute atomic E-state index is 13.2. The Labute approximate surface area is 167 Å². The van der Waals surface area contributed by atoms with Crippen molar-refractivity contribution in [3.8, 4) is 5.75 Å². The molecule has 0 aliphatic heterocycles. The Kier molecular flexibility index (Phi) is 6.11. The summed E-state index contributed by atoms with van der Waals surface area (Å²) in [5, 5.41) is 7.43. The second-order valence-corrected chi connectivity index (χ2v) is 6.57. The standard InChI is InChI=1S/C21H19ClFN3O2/c1-14-11-20(25-26(14)13-16-6-7-17(23)12-19(16)22)24-21(27)10-5-15-3-8-18(28-2)9-4-15/h3-12H,13H2,1-2H3,(H,24,25,27)/b10-5+. The van der Waals surface area contributed by atoms with Crippen LogP contribution in [0.25, 0.3) is 6.08 Å². The third-order valence-corrected chi connectivity index (χ3v) is 4.46. The van der Waals surface area contributed by atoms with Gasteiger partial charge in [-0.2, -0.15) is 5.10 Å². The van der Waals surface area contributed by atoms with Gasteiger partial charge in [-0.15, -0.1) is 0 Å². The van der Waals surface area contributed by atoms with Gasteiger partial charge in [0.15, 0.2) is 5.82 Å². The Balaban J connectivity index is 1.65. The van der Waals surface area contributed by atoms with Crippen LogP contribution in [0.2, 0.25) is 5.02 Å². The fraction of sp³-hybridized carbons (Fsp3) is 0.143. The molecule has 0 unspecified atom stereocenters. The summed E-state index contributed by atoms with van der Waals surface area (Å²) in [6.07, 6.45) is 3.14. The normalized spacial score (nSPS) is 11.0. The van der Waals surface area contributed by atoms with Crippen molar-refractivity contribution in [3.05, 3.63) is 82.3 Å². The zero-order chi connectivity index (χ0) is 20.1. The quantitative estimate of drug-likeness (QED) is 0.611. The monoisotopic (exact) mass is 399 g/mol. The molecular formula is C21H19ClFN3O2. The highest BCUT2D eigenvalue weighted by atomic mass is 35.5. The second kappa shape index (κ2) is 8.71. The summed E-state index contributed by atoms with van der Waals surface area (Å²) in [5.74, 6) is 0.506. The molecule has 0 spiro atoms. The van der Waals surface area contributed by atoms with Gasteiger partial charge in [0.1, 0.15) is 11.6 Å². The van der Waals surface area contributed by atoms with Crippen molar-refractivity contribution >= 4 is 29.4 Å². The molecule has 0 radical (unpaired) electrons. The first-order valence-electron chi connectivity index (χ1n) is 8.56. The molecule has 144 valence electrons. The van der Waals surface area contributed by atoms with Crippen LogP contribution in [0.1, 0.15) is 16.8 Å². The lowest BCUT2D eigenvalue weighted by Crippen LogP contribution is -2.10. The van der Waals surface area contributed by atoms with Gasteiger partial charge >= 0.3 is 0 Å². The molecule has 2 aromatic carbocycles. The maximum atomic E-state index is 13.2. The number of ether oxygens (including phenoxy) is 1. The van der Waals surface area contributed by atoms with Crippen molar-refractivity contribution in [3.63, 3.8) is 0 Å². The third-order valence-electron chi connectivity index (χ3n) is 4.11. The van der Waals surface area contributed by atoms with Gasteiger partial charge < -0.3 is 10.1 Å². The van der Waals surface area contributed by atoms with Gasteiger partial charge in [-0.25, -0.2) is 4.39 Å². The van der Waals surface area contributed by atoms with Crippen molar-refractivity contribution in [2.45, 2.75) is 13.5 Å². The van der Waals surface area contributed by atoms with Crippen molar-refractivity contribution in [2.24, 2.45) is 0 Å². The molecule has 0 bridgehead atoms. The number of rotatable bonds is 6. The number of halogens is 2. The molecule has 28 heavy (non-hydrogen) atoms. The topological polar surface area (TPSA) is 56.1 Å². The van der Waals surface area contributed by atoms with Crippen molar-refractivity contribution in [1.82, 2.24) is 9.78 Å². The van der Waals surface area contributed by atoms with Crippen LogP contribution < -0.4 is 10.1 Å². The number of methoxy groups -OCH3 is 1. The third kappa shape index (κ3) is 4.98. The minimum Gasteiger partial charge on any atom is -0.497 e. The zero-order valence-electron chi connectivity index (χ0n) is 15.4. The summed E-state index contributed by atoms with van der Waals surface area (Å²) >= 11 is 6.07. The number of nitrogens with one attached hydrogen (secondary N) is 1. The highest BCUT2D eigenvalue weighted by Crippen LogP contribution is 2.20. The van der Waals surface area contributed by atoms with Crippen LogP contribution in [0.3, 0.4) is 0 Å². The molecule has 5 nitrogen and oxygen atoms in total. The van der Waals surface area contributed by atoms with E-state index in [0.29, 0.717) is 17.4 Å². The number of hydrogen-bond acceptors (Lipinski definition) is 3. The van der Waals surface area contributed by atoms with Gasteiger partial charge in [0, 0.05) is 22.9 Å². The first kappa shape index (κ1) is 19.6. The molecule has 3 aromatic rings. The van der Waals surface area contributed by atoms with Crippen LogP contribution in [-0.4, -0.2) is 22.8 Å².